The van der Waals surface area contributed by atoms with E-state index >= 15 is 0 Å². The Bertz CT molecular complexity index is 4280. The van der Waals surface area contributed by atoms with Gasteiger partial charge in [-0.3, -0.25) is 19.2 Å². The Morgan fingerprint density at radius 2 is 0.766 bits per heavy atom. The number of benzene rings is 4. The molecule has 7 aromatic rings. The largest absolute Gasteiger partial charge is 2.00 e. The standard InChI is InChI=1S/C52H44N8O12S4.Mn/c1-29(61)57-73(65,66)37-13-5-33(6-14-37)49-41-21-23-43(53-41)50(34-7-15-38(16-8-34)74(67,68)58-30(2)62)45-25-27-47(55-45)52(36-11-19-40(20-12-36)76(71,72)60-32(4)64)48-28-26-46(56-48)51(44-24-22-42(49)54-44)35-9-17-39(18-10-35)75(69,70)59-31(3)63;/h5-28,49H,1-4H3,(H7,53,54,55,56,57,58,59,60,61,62,63,64);/q;+2/p-2. The molecule has 0 saturated heterocycles. The van der Waals surface area contributed by atoms with Crippen molar-refractivity contribution < 1.29 is 69.9 Å². The van der Waals surface area contributed by atoms with E-state index in [4.69, 9.17) is 15.0 Å². The van der Waals surface area contributed by atoms with Gasteiger partial charge in [0, 0.05) is 44.0 Å². The number of nitrogens with zero attached hydrogens (tertiary/aromatic N) is 3. The smallest absolute Gasteiger partial charge is 0.660 e. The van der Waals surface area contributed by atoms with Crippen LogP contribution in [0.2, 0.25) is 0 Å². The van der Waals surface area contributed by atoms with Crippen molar-refractivity contribution in [1.82, 2.24) is 33.8 Å². The predicted octanol–water partition coefficient (Wildman–Crippen LogP) is 2.64. The van der Waals surface area contributed by atoms with Gasteiger partial charge in [-0.2, -0.15) is 0 Å². The molecule has 8 bridgehead atoms. The Balaban J connectivity index is 0.00000784. The van der Waals surface area contributed by atoms with Crippen LogP contribution >= 0.6 is 0 Å². The second-order valence-electron chi connectivity index (χ2n) is 17.4. The van der Waals surface area contributed by atoms with E-state index in [9.17, 15) is 52.8 Å². The Morgan fingerprint density at radius 3 is 1.16 bits per heavy atom. The predicted molar refractivity (Wildman–Crippen MR) is 277 cm³/mol. The van der Waals surface area contributed by atoms with E-state index in [0.29, 0.717) is 83.9 Å². The number of aliphatic imine (C=N–C) groups is 1. The van der Waals surface area contributed by atoms with Crippen molar-refractivity contribution in [1.29, 1.82) is 0 Å². The second kappa shape index (κ2) is 21.1. The molecule has 5 N–H and O–H groups in total. The molecule has 0 saturated carbocycles. The third kappa shape index (κ3) is 11.5. The molecule has 4 amide bonds. The van der Waals surface area contributed by atoms with Gasteiger partial charge in [-0.05, 0) is 112 Å². The van der Waals surface area contributed by atoms with Crippen LogP contribution in [0.5, 0.6) is 0 Å². The molecule has 0 spiro atoms. The number of aromatic amines is 1. The minimum atomic E-state index is -4.24. The van der Waals surface area contributed by atoms with Crippen molar-refractivity contribution in [3.63, 3.8) is 0 Å². The van der Waals surface area contributed by atoms with Crippen molar-refractivity contribution >= 4 is 86.2 Å². The number of rotatable bonds is 12. The van der Waals surface area contributed by atoms with Crippen molar-refractivity contribution in [2.24, 2.45) is 4.99 Å². The van der Waals surface area contributed by atoms with E-state index in [1.807, 2.05) is 18.9 Å². The number of sulfonamides is 4. The van der Waals surface area contributed by atoms with Crippen molar-refractivity contribution in [2.45, 2.75) is 53.2 Å². The summed E-state index contributed by atoms with van der Waals surface area (Å²) in [7, 11) is -16.9. The van der Waals surface area contributed by atoms with Crippen LogP contribution in [0.3, 0.4) is 0 Å². The van der Waals surface area contributed by atoms with Gasteiger partial charge in [0.2, 0.25) is 23.6 Å². The summed E-state index contributed by atoms with van der Waals surface area (Å²) < 4.78 is 112. The summed E-state index contributed by atoms with van der Waals surface area (Å²) in [6.45, 7) is 4.30. The average molecular weight is 1150 g/mol. The first-order valence-electron chi connectivity index (χ1n) is 22.7. The molecule has 25 heteroatoms. The van der Waals surface area contributed by atoms with E-state index in [0.717, 1.165) is 27.7 Å². The molecule has 1 unspecified atom stereocenters. The maximum absolute atomic E-state index is 13.1. The number of carbonyl (C=O) groups is 4. The topological polar surface area (TPSA) is 309 Å². The fourth-order valence-electron chi connectivity index (χ4n) is 8.72. The van der Waals surface area contributed by atoms with E-state index in [-0.39, 0.29) is 36.7 Å². The quantitative estimate of drug-likeness (QED) is 0.110. The summed E-state index contributed by atoms with van der Waals surface area (Å²) >= 11 is 0. The number of hydrogen-bond donors (Lipinski definition) is 5. The zero-order valence-corrected chi connectivity index (χ0v) is 45.1. The van der Waals surface area contributed by atoms with Gasteiger partial charge < -0.3 is 15.0 Å². The van der Waals surface area contributed by atoms with Crippen LogP contribution in [0.4, 0.5) is 0 Å². The molecule has 2 aliphatic heterocycles. The first-order chi connectivity index (χ1) is 35.9. The Hall–Kier alpha value is -8.19. The number of aromatic nitrogens is 3. The van der Waals surface area contributed by atoms with Gasteiger partial charge >= 0.3 is 17.1 Å². The molecule has 9 rings (SSSR count). The molecule has 2 aliphatic rings. The minimum Gasteiger partial charge on any atom is -0.660 e. The monoisotopic (exact) mass is 1150 g/mol. The molecule has 4 aromatic carbocycles. The van der Waals surface area contributed by atoms with Gasteiger partial charge in [0.05, 0.1) is 31.0 Å². The molecule has 393 valence electrons. The Morgan fingerprint density at radius 1 is 0.429 bits per heavy atom. The number of nitrogens with one attached hydrogen (secondary N) is 5. The summed E-state index contributed by atoms with van der Waals surface area (Å²) in [5.41, 5.74) is 5.68. The van der Waals surface area contributed by atoms with Crippen molar-refractivity contribution in [3.05, 3.63) is 207 Å². The molecule has 0 aliphatic carbocycles. The molecule has 3 aromatic heterocycles. The molecule has 77 heavy (non-hydrogen) atoms. The van der Waals surface area contributed by atoms with Crippen LogP contribution < -0.4 is 39.6 Å². The third-order valence-electron chi connectivity index (χ3n) is 11.8. The SMILES string of the molecule is CC(=O)NS(=O)(=O)c1ccc(C2=C3C=CC(=N3)C(c3ccc(S(=O)(=O)NC(C)=O)cc3)=c3ccc([nH]3)=C(c3ccc(S(=O)(=O)NC(C)=O)cc3)c3ccc([n-]3)C(c3ccc(S(=O)(=O)NC(C)=O)cc3)c3ccc2[n-]3)cc1.[Mn+2]. The van der Waals surface area contributed by atoms with E-state index in [2.05, 4.69) is 4.98 Å². The Kier molecular flexibility index (Phi) is 15.1. The van der Waals surface area contributed by atoms with Gasteiger partial charge in [0.1, 0.15) is 0 Å². The van der Waals surface area contributed by atoms with E-state index in [1.54, 1.807) is 84.9 Å². The molecular weight excluding hydrogens is 1110 g/mol. The van der Waals surface area contributed by atoms with Gasteiger partial charge in [0.15, 0.2) is 0 Å². The number of amides is 4. The fraction of sp³-hybridized carbons (Fsp3) is 0.0962. The summed E-state index contributed by atoms with van der Waals surface area (Å²) in [6.07, 6.45) is 3.45. The minimum absolute atomic E-state index is 0. The summed E-state index contributed by atoms with van der Waals surface area (Å²) in [5.74, 6) is -3.93. The number of fused-ring (bicyclic) bond motifs is 7. The van der Waals surface area contributed by atoms with Crippen LogP contribution in [0.15, 0.2) is 176 Å². The van der Waals surface area contributed by atoms with Crippen molar-refractivity contribution in [2.75, 3.05) is 0 Å². The number of hydrogen-bond acceptors (Lipinski definition) is 13. The second-order valence-corrected chi connectivity index (χ2v) is 24.1. The molecule has 20 nitrogen and oxygen atoms in total. The van der Waals surface area contributed by atoms with E-state index < -0.39 is 69.6 Å². The molecule has 1 radical (unpaired) electrons. The third-order valence-corrected chi connectivity index (χ3v) is 17.6. The molecule has 1 atom stereocenters. The van der Waals surface area contributed by atoms with Crippen LogP contribution in [-0.4, -0.2) is 68.0 Å². The van der Waals surface area contributed by atoms with E-state index in [1.165, 1.54) is 60.7 Å². The Labute approximate surface area is 452 Å². The summed E-state index contributed by atoms with van der Waals surface area (Å²) in [5, 5.41) is 0.936. The molecule has 0 fully saturated rings. The number of carbonyl (C=O) groups excluding carboxylic acids is 4. The van der Waals surface area contributed by atoms with Gasteiger partial charge in [0.25, 0.3) is 40.1 Å². The first kappa shape index (κ1) is 55.1. The average Bonchev–Trinajstić information content (AvgIpc) is 4.19. The van der Waals surface area contributed by atoms with Gasteiger partial charge in [-0.25, -0.2) is 57.6 Å². The normalized spacial score (nSPS) is 14.5. The van der Waals surface area contributed by atoms with Crippen LogP contribution in [0.25, 0.3) is 16.7 Å². The van der Waals surface area contributed by atoms with Crippen LogP contribution in [0.1, 0.15) is 78.6 Å². The fourth-order valence-corrected chi connectivity index (χ4v) is 12.7. The maximum atomic E-state index is 13.1. The van der Waals surface area contributed by atoms with Crippen molar-refractivity contribution in [3.8, 4) is 0 Å². The van der Waals surface area contributed by atoms with Crippen LogP contribution in [-0.2, 0) is 76.3 Å². The molecular formula is C52H42MnN8O12S4. The van der Waals surface area contributed by atoms with Gasteiger partial charge in [-0.15, -0.1) is 22.8 Å². The first-order valence-corrected chi connectivity index (χ1v) is 28.6. The van der Waals surface area contributed by atoms with Gasteiger partial charge in [-0.1, -0.05) is 72.8 Å². The zero-order valence-electron chi connectivity index (χ0n) is 40.7. The zero-order chi connectivity index (χ0) is 54.5. The number of H-pyrrole nitrogens is 1. The summed E-state index contributed by atoms with van der Waals surface area (Å²) in [6, 6.07) is 33.6. The maximum Gasteiger partial charge on any atom is 2.00 e. The van der Waals surface area contributed by atoms with Crippen LogP contribution in [0, 0.1) is 0 Å². The number of allylic oxidation sites excluding steroid dienone is 2. The molecule has 5 heterocycles. The summed E-state index contributed by atoms with van der Waals surface area (Å²) in [4.78, 5) is 65.4.